The summed E-state index contributed by atoms with van der Waals surface area (Å²) in [6.07, 6.45) is 9.81. The second kappa shape index (κ2) is 8.44. The van der Waals surface area contributed by atoms with E-state index in [2.05, 4.69) is 58.9 Å². The summed E-state index contributed by atoms with van der Waals surface area (Å²) in [7, 11) is 4.09. The molecular weight excluding hydrogens is 443 g/mol. The van der Waals surface area contributed by atoms with Gasteiger partial charge in [0, 0.05) is 53.4 Å². The molecule has 0 bridgehead atoms. The molecule has 8 nitrogen and oxygen atoms in total. The van der Waals surface area contributed by atoms with Crippen LogP contribution in [0.4, 0.5) is 15.8 Å². The second-order valence-electron chi connectivity index (χ2n) is 8.91. The molecule has 1 aromatic carbocycles. The van der Waals surface area contributed by atoms with Crippen LogP contribution < -0.4 is 10.6 Å². The van der Waals surface area contributed by atoms with E-state index in [1.54, 1.807) is 18.6 Å². The maximum Gasteiger partial charge on any atom is 0.142 e. The number of fused-ring (bicyclic) bond motifs is 2. The zero-order chi connectivity index (χ0) is 23.9. The quantitative estimate of drug-likeness (QED) is 0.342. The van der Waals surface area contributed by atoms with Crippen molar-refractivity contribution in [3.05, 3.63) is 84.6 Å². The third kappa shape index (κ3) is 3.95. The number of halogens is 1. The van der Waals surface area contributed by atoms with Crippen molar-refractivity contribution in [1.82, 2.24) is 30.0 Å². The first-order chi connectivity index (χ1) is 17.0. The van der Waals surface area contributed by atoms with Gasteiger partial charge in [-0.05, 0) is 49.5 Å². The summed E-state index contributed by atoms with van der Waals surface area (Å²) in [5.74, 6) is -0.390. The molecule has 35 heavy (non-hydrogen) atoms. The number of benzene rings is 1. The standard InChI is InChI=1S/C26H23FN8/c1-35(2)14-15-5-17(9-28-8-15)16-3-4-22-20(7-16)25(34-33-22)26-31-23-13-30-12-21(24(23)32-26)18-6-19(27)11-29-10-18/h3-13,26,31-32H,14H2,1-2H3,(H,33,34). The first-order valence-corrected chi connectivity index (χ1v) is 11.2. The van der Waals surface area contributed by atoms with Crippen molar-refractivity contribution in [2.45, 2.75) is 12.7 Å². The van der Waals surface area contributed by atoms with Crippen LogP contribution in [0.5, 0.6) is 0 Å². The van der Waals surface area contributed by atoms with Crippen LogP contribution in [0.2, 0.25) is 0 Å². The van der Waals surface area contributed by atoms with E-state index in [0.717, 1.165) is 56.8 Å². The van der Waals surface area contributed by atoms with Gasteiger partial charge in [-0.15, -0.1) is 0 Å². The highest BCUT2D eigenvalue weighted by molar-refractivity contribution is 5.92. The summed E-state index contributed by atoms with van der Waals surface area (Å²) in [4.78, 5) is 14.9. The third-order valence-electron chi connectivity index (χ3n) is 6.05. The van der Waals surface area contributed by atoms with Crippen LogP contribution >= 0.6 is 0 Å². The second-order valence-corrected chi connectivity index (χ2v) is 8.91. The Bertz CT molecular complexity index is 1540. The van der Waals surface area contributed by atoms with Gasteiger partial charge in [-0.3, -0.25) is 20.1 Å². The predicted octanol–water partition coefficient (Wildman–Crippen LogP) is 4.82. The van der Waals surface area contributed by atoms with Gasteiger partial charge in [0.1, 0.15) is 12.0 Å². The zero-order valence-corrected chi connectivity index (χ0v) is 19.2. The molecule has 5 aromatic rings. The Balaban J connectivity index is 1.35. The van der Waals surface area contributed by atoms with Crippen molar-refractivity contribution in [1.29, 1.82) is 0 Å². The average molecular weight is 467 g/mol. The van der Waals surface area contributed by atoms with Crippen molar-refractivity contribution in [3.8, 4) is 22.3 Å². The van der Waals surface area contributed by atoms with Crippen LogP contribution in [0.15, 0.2) is 67.5 Å². The number of aromatic nitrogens is 5. The number of hydrogen-bond acceptors (Lipinski definition) is 7. The normalized spacial score (nSPS) is 14.7. The van der Waals surface area contributed by atoms with Crippen molar-refractivity contribution in [2.75, 3.05) is 24.7 Å². The molecular formula is C26H23FN8. The van der Waals surface area contributed by atoms with Gasteiger partial charge >= 0.3 is 0 Å². The Hall–Kier alpha value is -4.37. The summed E-state index contributed by atoms with van der Waals surface area (Å²) in [5, 5.41) is 15.7. The number of anilines is 2. The lowest BCUT2D eigenvalue weighted by Crippen LogP contribution is -2.13. The fourth-order valence-electron chi connectivity index (χ4n) is 4.51. The lowest BCUT2D eigenvalue weighted by molar-refractivity contribution is 0.402. The lowest BCUT2D eigenvalue weighted by atomic mass is 10.0. The highest BCUT2D eigenvalue weighted by Crippen LogP contribution is 2.42. The Kier molecular flexibility index (Phi) is 5.11. The molecule has 0 aliphatic carbocycles. The largest absolute Gasteiger partial charge is 0.358 e. The van der Waals surface area contributed by atoms with E-state index in [1.165, 1.54) is 12.3 Å². The molecule has 0 amide bonds. The van der Waals surface area contributed by atoms with Crippen LogP contribution in [0.25, 0.3) is 33.2 Å². The number of hydrogen-bond donors (Lipinski definition) is 3. The minimum absolute atomic E-state index is 0.257. The molecule has 174 valence electrons. The average Bonchev–Trinajstić information content (AvgIpc) is 3.47. The predicted molar refractivity (Wildman–Crippen MR) is 134 cm³/mol. The molecule has 0 saturated carbocycles. The summed E-state index contributed by atoms with van der Waals surface area (Å²) in [5.41, 5.74) is 8.15. The van der Waals surface area contributed by atoms with Crippen LogP contribution in [0.3, 0.4) is 0 Å². The van der Waals surface area contributed by atoms with E-state index in [0.29, 0.717) is 5.56 Å². The minimum atomic E-state index is -0.390. The minimum Gasteiger partial charge on any atom is -0.358 e. The van der Waals surface area contributed by atoms with E-state index >= 15 is 0 Å². The van der Waals surface area contributed by atoms with E-state index in [-0.39, 0.29) is 12.0 Å². The third-order valence-corrected chi connectivity index (χ3v) is 6.05. The van der Waals surface area contributed by atoms with Gasteiger partial charge in [0.15, 0.2) is 0 Å². The number of rotatable bonds is 5. The van der Waals surface area contributed by atoms with Gasteiger partial charge in [-0.25, -0.2) is 4.39 Å². The van der Waals surface area contributed by atoms with E-state index in [4.69, 9.17) is 0 Å². The maximum absolute atomic E-state index is 13.8. The van der Waals surface area contributed by atoms with E-state index in [1.807, 2.05) is 32.6 Å². The van der Waals surface area contributed by atoms with Crippen LogP contribution in [0.1, 0.15) is 17.4 Å². The number of aromatic amines is 1. The van der Waals surface area contributed by atoms with Gasteiger partial charge in [0.05, 0.1) is 35.0 Å². The number of nitrogens with one attached hydrogen (secondary N) is 3. The molecule has 0 saturated heterocycles. The van der Waals surface area contributed by atoms with Crippen molar-refractivity contribution in [3.63, 3.8) is 0 Å². The molecule has 4 aromatic heterocycles. The molecule has 1 atom stereocenters. The van der Waals surface area contributed by atoms with E-state index in [9.17, 15) is 4.39 Å². The molecule has 3 N–H and O–H groups in total. The maximum atomic E-state index is 13.8. The summed E-state index contributed by atoms with van der Waals surface area (Å²) < 4.78 is 13.8. The Morgan fingerprint density at radius 3 is 2.54 bits per heavy atom. The molecule has 0 radical (unpaired) electrons. The first kappa shape index (κ1) is 21.2. The zero-order valence-electron chi connectivity index (χ0n) is 19.2. The molecule has 0 spiro atoms. The van der Waals surface area contributed by atoms with Gasteiger partial charge in [-0.2, -0.15) is 5.10 Å². The number of pyridine rings is 3. The van der Waals surface area contributed by atoms with Crippen molar-refractivity contribution >= 4 is 22.3 Å². The summed E-state index contributed by atoms with van der Waals surface area (Å²) >= 11 is 0. The van der Waals surface area contributed by atoms with Gasteiger partial charge in [0.2, 0.25) is 0 Å². The summed E-state index contributed by atoms with van der Waals surface area (Å²) in [6, 6.07) is 9.83. The molecule has 0 fully saturated rings. The van der Waals surface area contributed by atoms with Crippen molar-refractivity contribution in [2.24, 2.45) is 0 Å². The molecule has 6 rings (SSSR count). The fraction of sp³-hybridized carbons (Fsp3) is 0.154. The molecule has 5 heterocycles. The molecule has 1 unspecified atom stereocenters. The van der Waals surface area contributed by atoms with Crippen molar-refractivity contribution < 1.29 is 4.39 Å². The van der Waals surface area contributed by atoms with Crippen LogP contribution in [-0.4, -0.2) is 44.1 Å². The van der Waals surface area contributed by atoms with Gasteiger partial charge in [-0.1, -0.05) is 6.07 Å². The number of H-pyrrole nitrogens is 1. The first-order valence-electron chi connectivity index (χ1n) is 11.2. The van der Waals surface area contributed by atoms with Gasteiger partial charge in [0.25, 0.3) is 0 Å². The SMILES string of the molecule is CN(C)Cc1cncc(-c2ccc3n[nH]c(C4Nc5cncc(-c6cncc(F)c6)c5N4)c3c2)c1. The molecule has 1 aliphatic rings. The smallest absolute Gasteiger partial charge is 0.142 e. The Labute approximate surface area is 201 Å². The Morgan fingerprint density at radius 2 is 1.69 bits per heavy atom. The topological polar surface area (TPSA) is 94.7 Å². The van der Waals surface area contributed by atoms with Crippen LogP contribution in [-0.2, 0) is 6.54 Å². The molecule has 9 heteroatoms. The Morgan fingerprint density at radius 1 is 0.857 bits per heavy atom. The highest BCUT2D eigenvalue weighted by atomic mass is 19.1. The fourth-order valence-corrected chi connectivity index (χ4v) is 4.51. The number of nitrogens with zero attached hydrogens (tertiary/aromatic N) is 5. The summed E-state index contributed by atoms with van der Waals surface area (Å²) in [6.45, 7) is 0.825. The van der Waals surface area contributed by atoms with Crippen LogP contribution in [0, 0.1) is 5.82 Å². The van der Waals surface area contributed by atoms with Gasteiger partial charge < -0.3 is 15.5 Å². The monoisotopic (exact) mass is 466 g/mol. The molecule has 1 aliphatic heterocycles. The highest BCUT2D eigenvalue weighted by Gasteiger charge is 2.27. The van der Waals surface area contributed by atoms with E-state index < -0.39 is 0 Å². The lowest BCUT2D eigenvalue weighted by Gasteiger charge is -2.12.